The summed E-state index contributed by atoms with van der Waals surface area (Å²) < 4.78 is 6.36. The number of rotatable bonds is 6. The first-order valence-electron chi connectivity index (χ1n) is 6.00. The molecule has 1 saturated heterocycles. The molecule has 1 aromatic heterocycles. The average molecular weight is 289 g/mol. The van der Waals surface area contributed by atoms with Gasteiger partial charge in [-0.25, -0.2) is 0 Å². The van der Waals surface area contributed by atoms with Crippen molar-refractivity contribution in [2.24, 2.45) is 5.73 Å². The Labute approximate surface area is 116 Å². The minimum Gasteiger partial charge on any atom is -0.377 e. The van der Waals surface area contributed by atoms with Gasteiger partial charge in [-0.1, -0.05) is 11.6 Å². The Morgan fingerprint density at radius 2 is 2.44 bits per heavy atom. The lowest BCUT2D eigenvalue weighted by Gasteiger charge is -2.23. The highest BCUT2D eigenvalue weighted by Gasteiger charge is 2.20. The maximum absolute atomic E-state index is 11.1. The SMILES string of the molecule is NC(=O)CN(Cc1ccc(Cl)s1)C[C@H]1CCCO1. The van der Waals surface area contributed by atoms with Gasteiger partial charge in [-0.15, -0.1) is 11.3 Å². The molecule has 1 fully saturated rings. The molecule has 2 rings (SSSR count). The summed E-state index contributed by atoms with van der Waals surface area (Å²) in [6, 6.07) is 3.85. The number of carbonyl (C=O) groups excluding carboxylic acids is 1. The van der Waals surface area contributed by atoms with E-state index in [9.17, 15) is 4.79 Å². The van der Waals surface area contributed by atoms with Crippen molar-refractivity contribution in [1.82, 2.24) is 4.90 Å². The van der Waals surface area contributed by atoms with Gasteiger partial charge in [-0.3, -0.25) is 9.69 Å². The smallest absolute Gasteiger partial charge is 0.231 e. The molecule has 0 unspecified atom stereocenters. The average Bonchev–Trinajstić information content (AvgIpc) is 2.89. The van der Waals surface area contributed by atoms with Gasteiger partial charge >= 0.3 is 0 Å². The zero-order chi connectivity index (χ0) is 13.0. The number of ether oxygens (including phenoxy) is 1. The molecule has 0 radical (unpaired) electrons. The van der Waals surface area contributed by atoms with E-state index in [1.54, 1.807) is 0 Å². The lowest BCUT2D eigenvalue weighted by molar-refractivity contribution is -0.119. The molecule has 0 aliphatic carbocycles. The van der Waals surface area contributed by atoms with Crippen LogP contribution in [-0.4, -0.2) is 36.6 Å². The van der Waals surface area contributed by atoms with Crippen molar-refractivity contribution in [2.45, 2.75) is 25.5 Å². The number of nitrogens with two attached hydrogens (primary N) is 1. The molecule has 0 saturated carbocycles. The highest BCUT2D eigenvalue weighted by atomic mass is 35.5. The van der Waals surface area contributed by atoms with Crippen LogP contribution >= 0.6 is 22.9 Å². The van der Waals surface area contributed by atoms with Crippen LogP contribution in [0.25, 0.3) is 0 Å². The number of carbonyl (C=O) groups is 1. The van der Waals surface area contributed by atoms with Crippen molar-refractivity contribution >= 4 is 28.8 Å². The topological polar surface area (TPSA) is 55.6 Å². The number of hydrogen-bond donors (Lipinski definition) is 1. The third-order valence-corrected chi connectivity index (χ3v) is 4.09. The maximum Gasteiger partial charge on any atom is 0.231 e. The molecule has 1 aromatic rings. The second-order valence-electron chi connectivity index (χ2n) is 4.48. The highest BCUT2D eigenvalue weighted by Crippen LogP contribution is 2.23. The number of amides is 1. The van der Waals surface area contributed by atoms with Crippen LogP contribution in [0.4, 0.5) is 0 Å². The van der Waals surface area contributed by atoms with Crippen LogP contribution in [0.5, 0.6) is 0 Å². The zero-order valence-corrected chi connectivity index (χ0v) is 11.7. The van der Waals surface area contributed by atoms with E-state index in [0.717, 1.165) is 35.2 Å². The van der Waals surface area contributed by atoms with Crippen LogP contribution in [0, 0.1) is 0 Å². The van der Waals surface area contributed by atoms with Crippen molar-refractivity contribution in [1.29, 1.82) is 0 Å². The fourth-order valence-electron chi connectivity index (χ4n) is 2.14. The first-order chi connectivity index (χ1) is 8.63. The summed E-state index contributed by atoms with van der Waals surface area (Å²) in [6.07, 6.45) is 2.38. The Kier molecular flexibility index (Phi) is 5.00. The standard InChI is InChI=1S/C12H17ClN2O2S/c13-11-4-3-10(18-11)7-15(8-12(14)16)6-9-2-1-5-17-9/h3-4,9H,1-2,5-8H2,(H2,14,16)/t9-/m1/s1. The second-order valence-corrected chi connectivity index (χ2v) is 6.28. The minimum absolute atomic E-state index is 0.222. The van der Waals surface area contributed by atoms with E-state index in [2.05, 4.69) is 0 Å². The highest BCUT2D eigenvalue weighted by molar-refractivity contribution is 7.16. The van der Waals surface area contributed by atoms with Gasteiger partial charge in [-0.2, -0.15) is 0 Å². The van der Waals surface area contributed by atoms with Crippen LogP contribution < -0.4 is 5.73 Å². The number of halogens is 1. The Morgan fingerprint density at radius 3 is 3.00 bits per heavy atom. The predicted molar refractivity (Wildman–Crippen MR) is 72.8 cm³/mol. The molecule has 4 nitrogen and oxygen atoms in total. The Morgan fingerprint density at radius 1 is 1.61 bits per heavy atom. The lowest BCUT2D eigenvalue weighted by atomic mass is 10.2. The first-order valence-corrected chi connectivity index (χ1v) is 7.19. The van der Waals surface area contributed by atoms with Gasteiger partial charge in [0.25, 0.3) is 0 Å². The molecular formula is C12H17ClN2O2S. The van der Waals surface area contributed by atoms with Crippen LogP contribution in [0.1, 0.15) is 17.7 Å². The van der Waals surface area contributed by atoms with Crippen molar-refractivity contribution in [3.63, 3.8) is 0 Å². The molecule has 18 heavy (non-hydrogen) atoms. The van der Waals surface area contributed by atoms with Crippen LogP contribution in [0.2, 0.25) is 4.34 Å². The summed E-state index contributed by atoms with van der Waals surface area (Å²) in [5.74, 6) is -0.310. The Hall–Kier alpha value is -0.620. The van der Waals surface area contributed by atoms with Crippen LogP contribution in [-0.2, 0) is 16.1 Å². The predicted octanol–water partition coefficient (Wildman–Crippen LogP) is 1.87. The number of hydrogen-bond acceptors (Lipinski definition) is 4. The molecule has 0 aromatic carbocycles. The summed E-state index contributed by atoms with van der Waals surface area (Å²) in [5, 5.41) is 0. The van der Waals surface area contributed by atoms with Gasteiger partial charge in [0.1, 0.15) is 0 Å². The normalized spacial score (nSPS) is 19.6. The molecule has 100 valence electrons. The van der Waals surface area contributed by atoms with E-state index in [0.29, 0.717) is 6.54 Å². The molecule has 1 aliphatic rings. The monoisotopic (exact) mass is 288 g/mol. The van der Waals surface area contributed by atoms with E-state index >= 15 is 0 Å². The third-order valence-electron chi connectivity index (χ3n) is 2.87. The quantitative estimate of drug-likeness (QED) is 0.869. The minimum atomic E-state index is -0.310. The lowest BCUT2D eigenvalue weighted by Crippen LogP contribution is -2.38. The van der Waals surface area contributed by atoms with Gasteiger partial charge in [0.05, 0.1) is 17.0 Å². The largest absolute Gasteiger partial charge is 0.377 e. The molecule has 0 spiro atoms. The Balaban J connectivity index is 1.93. The molecule has 6 heteroatoms. The summed E-state index contributed by atoms with van der Waals surface area (Å²) in [7, 11) is 0. The second kappa shape index (κ2) is 6.52. The first kappa shape index (κ1) is 13.8. The summed E-state index contributed by atoms with van der Waals surface area (Å²) in [5.41, 5.74) is 5.28. The van der Waals surface area contributed by atoms with Crippen molar-refractivity contribution in [3.05, 3.63) is 21.3 Å². The van der Waals surface area contributed by atoms with Crippen molar-refractivity contribution in [3.8, 4) is 0 Å². The maximum atomic E-state index is 11.1. The summed E-state index contributed by atoms with van der Waals surface area (Å²) >= 11 is 7.44. The molecular weight excluding hydrogens is 272 g/mol. The summed E-state index contributed by atoms with van der Waals surface area (Å²) in [6.45, 7) is 2.52. The van der Waals surface area contributed by atoms with Crippen LogP contribution in [0.15, 0.2) is 12.1 Å². The number of nitrogens with zero attached hydrogens (tertiary/aromatic N) is 1. The Bertz CT molecular complexity index is 405. The molecule has 1 amide bonds. The molecule has 2 N–H and O–H groups in total. The van der Waals surface area contributed by atoms with Gasteiger partial charge < -0.3 is 10.5 Å². The molecule has 1 aliphatic heterocycles. The van der Waals surface area contributed by atoms with E-state index in [4.69, 9.17) is 22.1 Å². The third kappa shape index (κ3) is 4.24. The van der Waals surface area contributed by atoms with Gasteiger partial charge in [0.15, 0.2) is 0 Å². The van der Waals surface area contributed by atoms with Gasteiger partial charge in [-0.05, 0) is 25.0 Å². The van der Waals surface area contributed by atoms with Gasteiger partial charge in [0, 0.05) is 24.6 Å². The van der Waals surface area contributed by atoms with Gasteiger partial charge in [0.2, 0.25) is 5.91 Å². The fourth-order valence-corrected chi connectivity index (χ4v) is 3.27. The molecule has 1 atom stereocenters. The summed E-state index contributed by atoms with van der Waals surface area (Å²) in [4.78, 5) is 14.3. The van der Waals surface area contributed by atoms with E-state index in [1.807, 2.05) is 17.0 Å². The van der Waals surface area contributed by atoms with E-state index in [1.165, 1.54) is 11.3 Å². The van der Waals surface area contributed by atoms with Crippen molar-refractivity contribution in [2.75, 3.05) is 19.7 Å². The fraction of sp³-hybridized carbons (Fsp3) is 0.583. The van der Waals surface area contributed by atoms with Crippen LogP contribution in [0.3, 0.4) is 0 Å². The van der Waals surface area contributed by atoms with E-state index < -0.39 is 0 Å². The number of thiophene rings is 1. The van der Waals surface area contributed by atoms with Crippen molar-refractivity contribution < 1.29 is 9.53 Å². The molecule has 0 bridgehead atoms. The number of primary amides is 1. The molecule has 2 heterocycles. The van der Waals surface area contributed by atoms with E-state index in [-0.39, 0.29) is 18.6 Å². The zero-order valence-electron chi connectivity index (χ0n) is 10.1.